The van der Waals surface area contributed by atoms with Gasteiger partial charge in [0.25, 0.3) is 5.56 Å². The highest BCUT2D eigenvalue weighted by molar-refractivity contribution is 5.99. The van der Waals surface area contributed by atoms with Crippen molar-refractivity contribution in [3.05, 3.63) is 39.8 Å². The van der Waals surface area contributed by atoms with Crippen molar-refractivity contribution >= 4 is 16.7 Å². The lowest BCUT2D eigenvalue weighted by Crippen LogP contribution is -2.33. The van der Waals surface area contributed by atoms with E-state index in [1.54, 1.807) is 6.92 Å². The molecule has 0 bridgehead atoms. The summed E-state index contributed by atoms with van der Waals surface area (Å²) >= 11 is 0. The van der Waals surface area contributed by atoms with Gasteiger partial charge in [-0.2, -0.15) is 13.2 Å². The quantitative estimate of drug-likeness (QED) is 0.437. The smallest absolute Gasteiger partial charge is 0.416 e. The zero-order valence-electron chi connectivity index (χ0n) is 18.0. The molecule has 0 unspecified atom stereocenters. The topological polar surface area (TPSA) is 57.5 Å². The second-order valence-corrected chi connectivity index (χ2v) is 8.31. The molecule has 5 nitrogen and oxygen atoms in total. The fourth-order valence-corrected chi connectivity index (χ4v) is 3.08. The minimum Gasteiger partial charge on any atom is -0.490 e. The van der Waals surface area contributed by atoms with E-state index < -0.39 is 28.7 Å². The molecule has 0 spiro atoms. The predicted octanol–water partition coefficient (Wildman–Crippen LogP) is 5.42. The van der Waals surface area contributed by atoms with Gasteiger partial charge in [-0.3, -0.25) is 9.36 Å². The van der Waals surface area contributed by atoms with Gasteiger partial charge >= 0.3 is 12.1 Å². The van der Waals surface area contributed by atoms with Crippen LogP contribution in [0.15, 0.2) is 23.0 Å². The molecule has 2 aromatic rings. The van der Waals surface area contributed by atoms with Crippen molar-refractivity contribution in [3.8, 4) is 5.75 Å². The largest absolute Gasteiger partial charge is 0.490 e. The van der Waals surface area contributed by atoms with E-state index in [1.165, 1.54) is 10.6 Å². The van der Waals surface area contributed by atoms with Gasteiger partial charge in [-0.15, -0.1) is 0 Å². The van der Waals surface area contributed by atoms with Crippen molar-refractivity contribution in [2.24, 2.45) is 5.41 Å². The summed E-state index contributed by atoms with van der Waals surface area (Å²) in [6, 6.07) is 2.89. The molecule has 0 N–H and O–H groups in total. The van der Waals surface area contributed by atoms with E-state index in [9.17, 15) is 22.8 Å². The number of hydrogen-bond acceptors (Lipinski definition) is 4. The number of rotatable bonds is 7. The molecule has 2 rings (SSSR count). The first-order valence-corrected chi connectivity index (χ1v) is 9.98. The molecule has 166 valence electrons. The Balaban J connectivity index is 2.91. The minimum absolute atomic E-state index is 0.0693. The molecule has 30 heavy (non-hydrogen) atoms. The van der Waals surface area contributed by atoms with Crippen LogP contribution in [0.25, 0.3) is 10.8 Å². The molecule has 0 radical (unpaired) electrons. The van der Waals surface area contributed by atoms with E-state index >= 15 is 0 Å². The SMILES string of the molecule is CCCCOc1c(C(=O)OCC)n(CC(C)(C)C)c(=O)c2cc(C(F)(F)F)ccc12. The van der Waals surface area contributed by atoms with Crippen LogP contribution in [0.3, 0.4) is 0 Å². The zero-order valence-corrected chi connectivity index (χ0v) is 18.0. The zero-order chi connectivity index (χ0) is 22.7. The Morgan fingerprint density at radius 1 is 1.10 bits per heavy atom. The van der Waals surface area contributed by atoms with E-state index in [4.69, 9.17) is 9.47 Å². The molecular weight excluding hydrogens is 399 g/mol. The number of ether oxygens (including phenoxy) is 2. The number of aromatic nitrogens is 1. The van der Waals surface area contributed by atoms with Gasteiger partial charge in [-0.05, 0) is 37.0 Å². The van der Waals surface area contributed by atoms with Crippen LogP contribution in [0, 0.1) is 5.41 Å². The van der Waals surface area contributed by atoms with Crippen molar-refractivity contribution in [1.82, 2.24) is 4.57 Å². The number of esters is 1. The van der Waals surface area contributed by atoms with Crippen molar-refractivity contribution in [2.45, 2.75) is 60.2 Å². The van der Waals surface area contributed by atoms with Crippen molar-refractivity contribution < 1.29 is 27.4 Å². The fourth-order valence-electron chi connectivity index (χ4n) is 3.08. The lowest BCUT2D eigenvalue weighted by Gasteiger charge is -2.25. The number of nitrogens with zero attached hydrogens (tertiary/aromatic N) is 1. The summed E-state index contributed by atoms with van der Waals surface area (Å²) in [7, 11) is 0. The van der Waals surface area contributed by atoms with Gasteiger partial charge in [-0.1, -0.05) is 34.1 Å². The lowest BCUT2D eigenvalue weighted by molar-refractivity contribution is -0.137. The average Bonchev–Trinajstić information content (AvgIpc) is 2.63. The maximum absolute atomic E-state index is 13.3. The molecule has 8 heteroatoms. The third kappa shape index (κ3) is 5.34. The van der Waals surface area contributed by atoms with Crippen molar-refractivity contribution in [1.29, 1.82) is 0 Å². The van der Waals surface area contributed by atoms with Gasteiger partial charge in [0.05, 0.1) is 24.2 Å². The molecule has 0 saturated heterocycles. The molecule has 0 aliphatic carbocycles. The monoisotopic (exact) mass is 427 g/mol. The number of carbonyl (C=O) groups is 1. The molecule has 0 atom stereocenters. The molecule has 1 aromatic carbocycles. The molecule has 1 aromatic heterocycles. The van der Waals surface area contributed by atoms with E-state index in [1.807, 2.05) is 27.7 Å². The summed E-state index contributed by atoms with van der Waals surface area (Å²) < 4.78 is 52.0. The van der Waals surface area contributed by atoms with Crippen LogP contribution in [-0.2, 0) is 17.5 Å². The van der Waals surface area contributed by atoms with Gasteiger partial charge in [0.1, 0.15) is 0 Å². The summed E-state index contributed by atoms with van der Waals surface area (Å²) in [4.78, 5) is 26.0. The highest BCUT2D eigenvalue weighted by Crippen LogP contribution is 2.35. The van der Waals surface area contributed by atoms with Gasteiger partial charge in [0.15, 0.2) is 11.4 Å². The van der Waals surface area contributed by atoms with E-state index in [2.05, 4.69) is 0 Å². The highest BCUT2D eigenvalue weighted by atomic mass is 19.4. The van der Waals surface area contributed by atoms with Crippen LogP contribution in [0.4, 0.5) is 13.2 Å². The van der Waals surface area contributed by atoms with Gasteiger partial charge < -0.3 is 9.47 Å². The van der Waals surface area contributed by atoms with Crippen molar-refractivity contribution in [2.75, 3.05) is 13.2 Å². The Morgan fingerprint density at radius 2 is 1.77 bits per heavy atom. The maximum atomic E-state index is 13.3. The minimum atomic E-state index is -4.60. The van der Waals surface area contributed by atoms with Crippen LogP contribution in [-0.4, -0.2) is 23.8 Å². The van der Waals surface area contributed by atoms with Crippen LogP contribution < -0.4 is 10.3 Å². The van der Waals surface area contributed by atoms with Crippen LogP contribution in [0.5, 0.6) is 5.75 Å². The lowest BCUT2D eigenvalue weighted by atomic mass is 9.96. The van der Waals surface area contributed by atoms with E-state index in [0.29, 0.717) is 6.42 Å². The van der Waals surface area contributed by atoms with Crippen molar-refractivity contribution in [3.63, 3.8) is 0 Å². The highest BCUT2D eigenvalue weighted by Gasteiger charge is 2.33. The number of alkyl halides is 3. The van der Waals surface area contributed by atoms with Crippen LogP contribution in [0.1, 0.15) is 63.5 Å². The normalized spacial score (nSPS) is 12.3. The number of fused-ring (bicyclic) bond motifs is 1. The Bertz CT molecular complexity index is 971. The Hall–Kier alpha value is -2.51. The molecule has 0 amide bonds. The summed E-state index contributed by atoms with van der Waals surface area (Å²) in [5, 5.41) is 0.0194. The summed E-state index contributed by atoms with van der Waals surface area (Å²) in [6.07, 6.45) is -3.09. The molecule has 0 saturated carbocycles. The summed E-state index contributed by atoms with van der Waals surface area (Å²) in [6.45, 7) is 9.64. The third-order valence-electron chi connectivity index (χ3n) is 4.40. The Morgan fingerprint density at radius 3 is 2.30 bits per heavy atom. The first kappa shape index (κ1) is 23.8. The summed E-state index contributed by atoms with van der Waals surface area (Å²) in [5.41, 5.74) is -2.11. The van der Waals surface area contributed by atoms with E-state index in [0.717, 1.165) is 18.6 Å². The Kier molecular flexibility index (Phi) is 7.21. The van der Waals surface area contributed by atoms with Crippen LogP contribution in [0.2, 0.25) is 0 Å². The first-order chi connectivity index (χ1) is 13.9. The number of benzene rings is 1. The fraction of sp³-hybridized carbons (Fsp3) is 0.545. The summed E-state index contributed by atoms with van der Waals surface area (Å²) in [5.74, 6) is -0.665. The number of unbranched alkanes of at least 4 members (excludes halogenated alkanes) is 1. The van der Waals surface area contributed by atoms with Gasteiger partial charge in [0.2, 0.25) is 0 Å². The molecular formula is C22H28F3NO4. The number of hydrogen-bond donors (Lipinski definition) is 0. The molecule has 0 aliphatic rings. The van der Waals surface area contributed by atoms with E-state index in [-0.39, 0.29) is 42.0 Å². The average molecular weight is 427 g/mol. The molecule has 0 fully saturated rings. The number of pyridine rings is 1. The first-order valence-electron chi connectivity index (χ1n) is 9.98. The Labute approximate surface area is 173 Å². The third-order valence-corrected chi connectivity index (χ3v) is 4.40. The maximum Gasteiger partial charge on any atom is 0.416 e. The predicted molar refractivity (Wildman–Crippen MR) is 109 cm³/mol. The molecule has 0 aliphatic heterocycles. The van der Waals surface area contributed by atoms with Gasteiger partial charge in [0, 0.05) is 11.9 Å². The molecule has 1 heterocycles. The van der Waals surface area contributed by atoms with Crippen LogP contribution >= 0.6 is 0 Å². The number of carbonyl (C=O) groups excluding carboxylic acids is 1. The van der Waals surface area contributed by atoms with Gasteiger partial charge in [-0.25, -0.2) is 4.79 Å². The second-order valence-electron chi connectivity index (χ2n) is 8.31. The standard InChI is InChI=1S/C22H28F3NO4/c1-6-8-11-30-18-15-10-9-14(22(23,24)25)12-16(15)19(27)26(13-21(3,4)5)17(18)20(28)29-7-2/h9-10,12H,6-8,11,13H2,1-5H3. The number of halogens is 3. The second kappa shape index (κ2) is 9.10.